The predicted molar refractivity (Wildman–Crippen MR) is 46.5 cm³/mol. The van der Waals surface area contributed by atoms with Crippen LogP contribution in [-0.2, 0) is 0 Å². The lowest BCUT2D eigenvalue weighted by Crippen LogP contribution is -1.94. The maximum Gasteiger partial charge on any atom is 0.0584 e. The lowest BCUT2D eigenvalue weighted by atomic mass is 10.1. The van der Waals surface area contributed by atoms with Crippen molar-refractivity contribution in [2.45, 2.75) is 32.1 Å². The van der Waals surface area contributed by atoms with E-state index in [0.29, 0.717) is 0 Å². The monoisotopic (exact) mass is 155 g/mol. The zero-order chi connectivity index (χ0) is 7.23. The minimum Gasteiger partial charge on any atom is -0.233 e. The minimum absolute atomic E-state index is 0.897. The highest BCUT2D eigenvalue weighted by Gasteiger charge is 2.13. The maximum atomic E-state index is 4.48. The van der Waals surface area contributed by atoms with E-state index in [1.54, 1.807) is 0 Å². The van der Waals surface area contributed by atoms with E-state index in [9.17, 15) is 0 Å². The Labute approximate surface area is 67.5 Å². The van der Waals surface area contributed by atoms with Crippen molar-refractivity contribution in [1.82, 2.24) is 0 Å². The average Bonchev–Trinajstić information content (AvgIpc) is 2.41. The van der Waals surface area contributed by atoms with Crippen molar-refractivity contribution in [3.8, 4) is 0 Å². The lowest BCUT2D eigenvalue weighted by molar-refractivity contribution is 0.512. The first-order chi connectivity index (χ1) is 4.93. The van der Waals surface area contributed by atoms with Gasteiger partial charge in [-0.15, -0.1) is 0 Å². The van der Waals surface area contributed by atoms with Crippen LogP contribution < -0.4 is 0 Å². The molecular weight excluding hydrogens is 142 g/mol. The number of hydrogen-bond acceptors (Lipinski definition) is 2. The van der Waals surface area contributed by atoms with Gasteiger partial charge in [0.05, 0.1) is 5.16 Å². The Hall–Kier alpha value is -0.200. The highest BCUT2D eigenvalue weighted by atomic mass is 32.1. The van der Waals surface area contributed by atoms with Crippen molar-refractivity contribution in [2.75, 3.05) is 6.54 Å². The number of rotatable bonds is 3. The molecule has 0 unspecified atom stereocenters. The fourth-order valence-electron chi connectivity index (χ4n) is 1.59. The number of aliphatic imine (C=N–C) groups is 1. The SMILES string of the molecule is S=C=NCCC1CCCC1. The van der Waals surface area contributed by atoms with Crippen molar-refractivity contribution in [1.29, 1.82) is 0 Å². The van der Waals surface area contributed by atoms with Gasteiger partial charge in [-0.25, -0.2) is 4.99 Å². The molecule has 0 heterocycles. The molecule has 1 nitrogen and oxygen atoms in total. The molecule has 0 aliphatic heterocycles. The standard InChI is InChI=1S/C8H13NS/c10-7-9-6-5-8-3-1-2-4-8/h8H,1-6H2. The normalized spacial score (nSPS) is 18.8. The van der Waals surface area contributed by atoms with Crippen LogP contribution in [0.2, 0.25) is 0 Å². The van der Waals surface area contributed by atoms with Crippen LogP contribution in [0, 0.1) is 5.92 Å². The van der Waals surface area contributed by atoms with E-state index in [0.717, 1.165) is 12.5 Å². The fraction of sp³-hybridized carbons (Fsp3) is 0.875. The Morgan fingerprint density at radius 3 is 2.70 bits per heavy atom. The van der Waals surface area contributed by atoms with Gasteiger partial charge in [-0.3, -0.25) is 0 Å². The van der Waals surface area contributed by atoms with E-state index >= 15 is 0 Å². The summed E-state index contributed by atoms with van der Waals surface area (Å²) in [7, 11) is 0. The molecule has 1 saturated carbocycles. The summed E-state index contributed by atoms with van der Waals surface area (Å²) in [6.45, 7) is 0.897. The van der Waals surface area contributed by atoms with E-state index in [-0.39, 0.29) is 0 Å². The molecule has 2 heteroatoms. The molecule has 0 atom stereocenters. The third-order valence-corrected chi connectivity index (χ3v) is 2.32. The van der Waals surface area contributed by atoms with E-state index in [1.807, 2.05) is 0 Å². The highest BCUT2D eigenvalue weighted by Crippen LogP contribution is 2.27. The van der Waals surface area contributed by atoms with E-state index in [1.165, 1.54) is 32.1 Å². The Balaban J connectivity index is 2.06. The maximum absolute atomic E-state index is 4.48. The summed E-state index contributed by atoms with van der Waals surface area (Å²) >= 11 is 4.48. The summed E-state index contributed by atoms with van der Waals surface area (Å²) < 4.78 is 0. The van der Waals surface area contributed by atoms with Gasteiger partial charge in [-0.1, -0.05) is 25.7 Å². The molecule has 0 radical (unpaired) electrons. The van der Waals surface area contributed by atoms with Gasteiger partial charge < -0.3 is 0 Å². The van der Waals surface area contributed by atoms with Crippen molar-refractivity contribution >= 4 is 17.4 Å². The lowest BCUT2D eigenvalue weighted by Gasteiger charge is -2.03. The van der Waals surface area contributed by atoms with Gasteiger partial charge in [0.2, 0.25) is 0 Å². The molecule has 56 valence electrons. The van der Waals surface area contributed by atoms with Crippen molar-refractivity contribution < 1.29 is 0 Å². The van der Waals surface area contributed by atoms with Gasteiger partial charge in [0.15, 0.2) is 0 Å². The first kappa shape index (κ1) is 7.90. The van der Waals surface area contributed by atoms with Crippen molar-refractivity contribution in [2.24, 2.45) is 10.9 Å². The van der Waals surface area contributed by atoms with Crippen LogP contribution in [0.1, 0.15) is 32.1 Å². The molecule has 1 fully saturated rings. The second kappa shape index (κ2) is 4.59. The summed E-state index contributed by atoms with van der Waals surface area (Å²) in [5.41, 5.74) is 0. The number of thiocarbonyl (C=S) groups is 1. The van der Waals surface area contributed by atoms with Crippen LogP contribution >= 0.6 is 12.2 Å². The molecule has 0 aromatic rings. The third-order valence-electron chi connectivity index (χ3n) is 2.19. The topological polar surface area (TPSA) is 12.4 Å². The molecule has 10 heavy (non-hydrogen) atoms. The van der Waals surface area contributed by atoms with Crippen LogP contribution in [0.5, 0.6) is 0 Å². The fourth-order valence-corrected chi connectivity index (χ4v) is 1.68. The Bertz CT molecular complexity index is 132. The zero-order valence-corrected chi connectivity index (χ0v) is 6.99. The van der Waals surface area contributed by atoms with Crippen molar-refractivity contribution in [3.63, 3.8) is 0 Å². The Morgan fingerprint density at radius 1 is 1.40 bits per heavy atom. The molecule has 0 N–H and O–H groups in total. The van der Waals surface area contributed by atoms with E-state index < -0.39 is 0 Å². The summed E-state index contributed by atoms with van der Waals surface area (Å²) in [6, 6.07) is 0. The van der Waals surface area contributed by atoms with Gasteiger partial charge in [0.25, 0.3) is 0 Å². The zero-order valence-electron chi connectivity index (χ0n) is 6.18. The second-order valence-electron chi connectivity index (χ2n) is 2.91. The minimum atomic E-state index is 0.897. The highest BCUT2D eigenvalue weighted by molar-refractivity contribution is 7.78. The molecule has 0 bridgehead atoms. The Morgan fingerprint density at radius 2 is 2.10 bits per heavy atom. The molecule has 1 aliphatic rings. The number of isothiocyanates is 1. The quantitative estimate of drug-likeness (QED) is 0.451. The third kappa shape index (κ3) is 2.59. The van der Waals surface area contributed by atoms with Gasteiger partial charge in [-0.2, -0.15) is 0 Å². The summed E-state index contributed by atoms with van der Waals surface area (Å²) in [5, 5.41) is 2.40. The van der Waals surface area contributed by atoms with Gasteiger partial charge in [0, 0.05) is 6.54 Å². The summed E-state index contributed by atoms with van der Waals surface area (Å²) in [6.07, 6.45) is 6.89. The van der Waals surface area contributed by atoms with Crippen LogP contribution in [0.25, 0.3) is 0 Å². The first-order valence-electron chi connectivity index (χ1n) is 3.97. The van der Waals surface area contributed by atoms with Gasteiger partial charge in [0.1, 0.15) is 0 Å². The number of nitrogens with zero attached hydrogens (tertiary/aromatic N) is 1. The second-order valence-corrected chi connectivity index (χ2v) is 3.09. The van der Waals surface area contributed by atoms with Crippen LogP contribution in [-0.4, -0.2) is 11.7 Å². The van der Waals surface area contributed by atoms with Gasteiger partial charge in [-0.05, 0) is 24.6 Å². The van der Waals surface area contributed by atoms with Crippen molar-refractivity contribution in [3.05, 3.63) is 0 Å². The number of hydrogen-bond donors (Lipinski definition) is 0. The first-order valence-corrected chi connectivity index (χ1v) is 4.38. The smallest absolute Gasteiger partial charge is 0.0584 e. The van der Waals surface area contributed by atoms with Crippen LogP contribution in [0.15, 0.2) is 4.99 Å². The molecule has 1 rings (SSSR count). The van der Waals surface area contributed by atoms with Crippen LogP contribution in [0.4, 0.5) is 0 Å². The van der Waals surface area contributed by atoms with E-state index in [2.05, 4.69) is 22.4 Å². The summed E-state index contributed by atoms with van der Waals surface area (Å²) in [5.74, 6) is 0.937. The molecular formula is C8H13NS. The largest absolute Gasteiger partial charge is 0.233 e. The molecule has 0 saturated heterocycles. The average molecular weight is 155 g/mol. The molecule has 1 aliphatic carbocycles. The molecule has 0 spiro atoms. The molecule has 0 aromatic heterocycles. The predicted octanol–water partition coefficient (Wildman–Crippen LogP) is 2.67. The van der Waals surface area contributed by atoms with E-state index in [4.69, 9.17) is 0 Å². The molecule has 0 aromatic carbocycles. The van der Waals surface area contributed by atoms with Crippen LogP contribution in [0.3, 0.4) is 0 Å². The Kier molecular flexibility index (Phi) is 3.63. The summed E-state index contributed by atoms with van der Waals surface area (Å²) in [4.78, 5) is 3.90. The molecule has 0 amide bonds. The van der Waals surface area contributed by atoms with Gasteiger partial charge >= 0.3 is 0 Å².